The molecule has 0 radical (unpaired) electrons. The average Bonchev–Trinajstić information content (AvgIpc) is 2.83. The van der Waals surface area contributed by atoms with E-state index in [9.17, 15) is 9.90 Å². The van der Waals surface area contributed by atoms with Gasteiger partial charge in [-0.1, -0.05) is 6.92 Å². The number of rotatable bonds is 4. The van der Waals surface area contributed by atoms with Gasteiger partial charge in [0.2, 0.25) is 0 Å². The SMILES string of the molecule is CCc1c(C)[nH]c2c1C(=O)[C@@H]1CN(CC(O)CO)CC[C@H]1C2. The third-order valence-corrected chi connectivity index (χ3v) is 5.32. The lowest BCUT2D eigenvalue weighted by Crippen LogP contribution is -2.49. The Balaban J connectivity index is 1.82. The van der Waals surface area contributed by atoms with Crippen molar-refractivity contribution in [2.75, 3.05) is 26.2 Å². The zero-order chi connectivity index (χ0) is 15.9. The van der Waals surface area contributed by atoms with Gasteiger partial charge in [-0.15, -0.1) is 0 Å². The lowest BCUT2D eigenvalue weighted by Gasteiger charge is -2.40. The number of carbonyl (C=O) groups is 1. The fraction of sp³-hybridized carbons (Fsp3) is 0.706. The number of nitrogens with one attached hydrogen (secondary N) is 1. The number of β-amino-alcohol motifs (C(OH)–C–C–N with tert-alkyl or cyclic N) is 1. The van der Waals surface area contributed by atoms with Gasteiger partial charge in [-0.25, -0.2) is 0 Å². The third kappa shape index (κ3) is 2.62. The fourth-order valence-electron chi connectivity index (χ4n) is 4.20. The molecule has 2 aliphatic rings. The van der Waals surface area contributed by atoms with E-state index >= 15 is 0 Å². The molecule has 3 rings (SSSR count). The summed E-state index contributed by atoms with van der Waals surface area (Å²) >= 11 is 0. The lowest BCUT2D eigenvalue weighted by molar-refractivity contribution is 0.0293. The summed E-state index contributed by atoms with van der Waals surface area (Å²) in [7, 11) is 0. The number of nitrogens with zero attached hydrogens (tertiary/aromatic N) is 1. The summed E-state index contributed by atoms with van der Waals surface area (Å²) in [5, 5.41) is 18.6. The second-order valence-electron chi connectivity index (χ2n) is 6.76. The quantitative estimate of drug-likeness (QED) is 0.773. The van der Waals surface area contributed by atoms with Crippen molar-refractivity contribution in [3.63, 3.8) is 0 Å². The minimum atomic E-state index is -0.716. The molecule has 1 aliphatic heterocycles. The number of carbonyl (C=O) groups excluding carboxylic acids is 1. The van der Waals surface area contributed by atoms with Gasteiger partial charge in [0.05, 0.1) is 12.7 Å². The first kappa shape index (κ1) is 15.7. The van der Waals surface area contributed by atoms with E-state index in [1.165, 1.54) is 5.56 Å². The van der Waals surface area contributed by atoms with Crippen molar-refractivity contribution in [1.29, 1.82) is 0 Å². The number of aromatic nitrogens is 1. The molecular weight excluding hydrogens is 280 g/mol. The Morgan fingerprint density at radius 2 is 2.23 bits per heavy atom. The van der Waals surface area contributed by atoms with Crippen LogP contribution in [0.1, 0.15) is 40.7 Å². The van der Waals surface area contributed by atoms with E-state index in [-0.39, 0.29) is 18.3 Å². The molecule has 3 N–H and O–H groups in total. The predicted molar refractivity (Wildman–Crippen MR) is 84.1 cm³/mol. The van der Waals surface area contributed by atoms with Crippen molar-refractivity contribution in [3.05, 3.63) is 22.5 Å². The van der Waals surface area contributed by atoms with Gasteiger partial charge in [-0.05, 0) is 44.2 Å². The first-order valence-electron chi connectivity index (χ1n) is 8.30. The fourth-order valence-corrected chi connectivity index (χ4v) is 4.20. The smallest absolute Gasteiger partial charge is 0.169 e. The highest BCUT2D eigenvalue weighted by atomic mass is 16.3. The number of piperidine rings is 1. The summed E-state index contributed by atoms with van der Waals surface area (Å²) in [4.78, 5) is 18.5. The number of hydrogen-bond acceptors (Lipinski definition) is 4. The molecule has 0 bridgehead atoms. The van der Waals surface area contributed by atoms with Crippen molar-refractivity contribution in [1.82, 2.24) is 9.88 Å². The predicted octanol–water partition coefficient (Wildman–Crippen LogP) is 0.916. The van der Waals surface area contributed by atoms with Crippen LogP contribution in [0.2, 0.25) is 0 Å². The second-order valence-corrected chi connectivity index (χ2v) is 6.76. The molecule has 22 heavy (non-hydrogen) atoms. The summed E-state index contributed by atoms with van der Waals surface area (Å²) in [5.74, 6) is 0.716. The van der Waals surface area contributed by atoms with E-state index in [0.717, 1.165) is 42.8 Å². The molecule has 1 aromatic heterocycles. The molecule has 1 fully saturated rings. The summed E-state index contributed by atoms with van der Waals surface area (Å²) in [6, 6.07) is 0. The van der Waals surface area contributed by atoms with Crippen LogP contribution in [0.25, 0.3) is 0 Å². The number of fused-ring (bicyclic) bond motifs is 2. The summed E-state index contributed by atoms with van der Waals surface area (Å²) in [6.07, 6.45) is 2.11. The molecule has 1 saturated heterocycles. The lowest BCUT2D eigenvalue weighted by atomic mass is 9.72. The largest absolute Gasteiger partial charge is 0.394 e. The van der Waals surface area contributed by atoms with Gasteiger partial charge in [-0.3, -0.25) is 9.69 Å². The number of hydrogen-bond donors (Lipinski definition) is 3. The average molecular weight is 306 g/mol. The van der Waals surface area contributed by atoms with E-state index in [2.05, 4.69) is 23.7 Å². The minimum absolute atomic E-state index is 0.0349. The maximum Gasteiger partial charge on any atom is 0.169 e. The molecule has 122 valence electrons. The van der Waals surface area contributed by atoms with Crippen LogP contribution < -0.4 is 0 Å². The monoisotopic (exact) mass is 306 g/mol. The first-order chi connectivity index (χ1) is 10.5. The highest BCUT2D eigenvalue weighted by Gasteiger charge is 2.41. The Hall–Kier alpha value is -1.17. The molecule has 3 atom stereocenters. The normalized spacial score (nSPS) is 26.6. The van der Waals surface area contributed by atoms with Gasteiger partial charge < -0.3 is 15.2 Å². The van der Waals surface area contributed by atoms with E-state index < -0.39 is 6.10 Å². The van der Waals surface area contributed by atoms with Gasteiger partial charge >= 0.3 is 0 Å². The maximum absolute atomic E-state index is 13.0. The maximum atomic E-state index is 13.0. The number of aliphatic hydroxyl groups excluding tert-OH is 2. The van der Waals surface area contributed by atoms with Gasteiger partial charge in [0.1, 0.15) is 0 Å². The number of H-pyrrole nitrogens is 1. The van der Waals surface area contributed by atoms with E-state index in [0.29, 0.717) is 19.0 Å². The molecule has 1 aliphatic carbocycles. The van der Waals surface area contributed by atoms with Crippen LogP contribution in [0.4, 0.5) is 0 Å². The van der Waals surface area contributed by atoms with E-state index in [4.69, 9.17) is 5.11 Å². The molecule has 0 amide bonds. The number of aliphatic hydroxyl groups is 2. The molecular formula is C17H26N2O3. The molecule has 2 heterocycles. The van der Waals surface area contributed by atoms with Crippen LogP contribution in [0.3, 0.4) is 0 Å². The van der Waals surface area contributed by atoms with Crippen molar-refractivity contribution in [2.24, 2.45) is 11.8 Å². The molecule has 1 unspecified atom stereocenters. The molecule has 5 heteroatoms. The molecule has 0 saturated carbocycles. The zero-order valence-electron chi connectivity index (χ0n) is 13.4. The molecule has 0 aromatic carbocycles. The Kier molecular flexibility index (Phi) is 4.39. The van der Waals surface area contributed by atoms with Crippen LogP contribution in [-0.2, 0) is 12.8 Å². The van der Waals surface area contributed by atoms with Crippen molar-refractivity contribution in [3.8, 4) is 0 Å². The van der Waals surface area contributed by atoms with E-state index in [1.54, 1.807) is 0 Å². The second kappa shape index (κ2) is 6.14. The molecule has 1 aromatic rings. The Labute approximate surface area is 131 Å². The number of likely N-dealkylation sites (tertiary alicyclic amines) is 1. The van der Waals surface area contributed by atoms with Gasteiger partial charge in [0.25, 0.3) is 0 Å². The number of Topliss-reactive ketones (excluding diaryl/α,β-unsaturated/α-hetero) is 1. The summed E-state index contributed by atoms with van der Waals surface area (Å²) in [5.41, 5.74) is 4.37. The highest BCUT2D eigenvalue weighted by Crippen LogP contribution is 2.38. The van der Waals surface area contributed by atoms with Crippen LogP contribution in [-0.4, -0.2) is 58.2 Å². The van der Waals surface area contributed by atoms with E-state index in [1.807, 2.05) is 0 Å². The van der Waals surface area contributed by atoms with Crippen LogP contribution in [0.5, 0.6) is 0 Å². The van der Waals surface area contributed by atoms with Crippen LogP contribution in [0, 0.1) is 18.8 Å². The highest BCUT2D eigenvalue weighted by molar-refractivity contribution is 6.02. The Morgan fingerprint density at radius 3 is 2.91 bits per heavy atom. The van der Waals surface area contributed by atoms with Gasteiger partial charge in [-0.2, -0.15) is 0 Å². The number of ketones is 1. The van der Waals surface area contributed by atoms with Gasteiger partial charge in [0.15, 0.2) is 5.78 Å². The zero-order valence-corrected chi connectivity index (χ0v) is 13.4. The molecule has 5 nitrogen and oxygen atoms in total. The number of aryl methyl sites for hydroxylation is 1. The Bertz CT molecular complexity index is 566. The summed E-state index contributed by atoms with van der Waals surface area (Å²) in [6.45, 7) is 5.97. The van der Waals surface area contributed by atoms with Gasteiger partial charge in [0, 0.05) is 36.0 Å². The van der Waals surface area contributed by atoms with Crippen molar-refractivity contribution < 1.29 is 15.0 Å². The topological polar surface area (TPSA) is 76.6 Å². The third-order valence-electron chi connectivity index (χ3n) is 5.32. The van der Waals surface area contributed by atoms with Crippen LogP contribution in [0.15, 0.2) is 0 Å². The van der Waals surface area contributed by atoms with Crippen molar-refractivity contribution >= 4 is 5.78 Å². The molecule has 0 spiro atoms. The standard InChI is InChI=1S/C17H26N2O3/c1-3-13-10(2)18-15-6-11-4-5-19(7-12(21)9-20)8-14(11)17(22)16(13)15/h11-12,14,18,20-21H,3-9H2,1-2H3/t11-,12?,14+/m0/s1. The summed E-state index contributed by atoms with van der Waals surface area (Å²) < 4.78 is 0. The minimum Gasteiger partial charge on any atom is -0.394 e. The number of aromatic amines is 1. The van der Waals surface area contributed by atoms with Crippen molar-refractivity contribution in [2.45, 2.75) is 39.2 Å². The Morgan fingerprint density at radius 1 is 1.45 bits per heavy atom. The first-order valence-corrected chi connectivity index (χ1v) is 8.30. The van der Waals surface area contributed by atoms with Crippen LogP contribution >= 0.6 is 0 Å².